The molecule has 0 spiro atoms. The molecule has 0 aliphatic heterocycles. The van der Waals surface area contributed by atoms with Gasteiger partial charge in [-0.25, -0.2) is 9.48 Å². The van der Waals surface area contributed by atoms with Gasteiger partial charge in [0, 0.05) is 14.1 Å². The molecule has 0 aliphatic carbocycles. The number of rotatable bonds is 3. The Kier molecular flexibility index (Phi) is 3.53. The zero-order valence-electron chi connectivity index (χ0n) is 9.00. The van der Waals surface area contributed by atoms with Crippen molar-refractivity contribution in [2.24, 2.45) is 14.1 Å². The molecule has 0 bridgehead atoms. The maximum atomic E-state index is 11.6. The van der Waals surface area contributed by atoms with Crippen molar-refractivity contribution in [2.45, 2.75) is 17.2 Å². The van der Waals surface area contributed by atoms with Gasteiger partial charge in [-0.05, 0) is 6.92 Å². The van der Waals surface area contributed by atoms with Gasteiger partial charge in [0.25, 0.3) is 5.56 Å². The van der Waals surface area contributed by atoms with E-state index in [0.29, 0.717) is 0 Å². The monoisotopic (exact) mass is 245 g/mol. The summed E-state index contributed by atoms with van der Waals surface area (Å²) >= 11 is 0.812. The van der Waals surface area contributed by atoms with Crippen LogP contribution in [0.2, 0.25) is 0 Å². The van der Waals surface area contributed by atoms with Gasteiger partial charge in [-0.15, -0.1) is 0 Å². The lowest BCUT2D eigenvalue weighted by molar-refractivity contribution is -0.136. The van der Waals surface area contributed by atoms with Crippen LogP contribution in [0.25, 0.3) is 0 Å². The van der Waals surface area contributed by atoms with Crippen LogP contribution in [0.5, 0.6) is 0 Å². The Labute approximate surface area is 94.7 Å². The van der Waals surface area contributed by atoms with E-state index in [9.17, 15) is 14.4 Å². The highest BCUT2D eigenvalue weighted by molar-refractivity contribution is 8.00. The Bertz CT molecular complexity index is 533. The van der Waals surface area contributed by atoms with Gasteiger partial charge in [0.1, 0.15) is 5.25 Å². The van der Waals surface area contributed by atoms with Crippen molar-refractivity contribution in [1.29, 1.82) is 0 Å². The first-order valence-corrected chi connectivity index (χ1v) is 5.26. The second-order valence-corrected chi connectivity index (χ2v) is 4.50. The van der Waals surface area contributed by atoms with E-state index in [1.165, 1.54) is 21.0 Å². The highest BCUT2D eigenvalue weighted by atomic mass is 32.2. The molecule has 0 fully saturated rings. The predicted molar refractivity (Wildman–Crippen MR) is 57.7 cm³/mol. The van der Waals surface area contributed by atoms with Crippen molar-refractivity contribution >= 4 is 17.7 Å². The molecule has 0 saturated heterocycles. The number of carbonyl (C=O) groups is 1. The van der Waals surface area contributed by atoms with Gasteiger partial charge in [0.15, 0.2) is 5.03 Å². The number of hydrogen-bond acceptors (Lipinski definition) is 5. The largest absolute Gasteiger partial charge is 0.480 e. The Morgan fingerprint density at radius 1 is 1.44 bits per heavy atom. The van der Waals surface area contributed by atoms with Crippen LogP contribution in [-0.2, 0) is 18.9 Å². The molecule has 1 unspecified atom stereocenters. The van der Waals surface area contributed by atoms with Crippen molar-refractivity contribution in [3.63, 3.8) is 0 Å². The minimum atomic E-state index is -1.04. The smallest absolute Gasteiger partial charge is 0.346 e. The quantitative estimate of drug-likeness (QED) is 0.689. The standard InChI is InChI=1S/C8H11N3O4S/c1-4(7(13)14)16-5-6(12)10(2)8(15)11(3)9-5/h4H,1-3H3,(H,13,14). The van der Waals surface area contributed by atoms with Crippen LogP contribution in [-0.4, -0.2) is 30.7 Å². The maximum absolute atomic E-state index is 11.6. The summed E-state index contributed by atoms with van der Waals surface area (Å²) in [4.78, 5) is 33.5. The SMILES string of the molecule is CC(Sc1nn(C)c(=O)n(C)c1=O)C(=O)O. The number of carboxylic acids is 1. The molecule has 1 atom stereocenters. The molecule has 0 amide bonds. The highest BCUT2D eigenvalue weighted by Gasteiger charge is 2.17. The third-order valence-corrected chi connectivity index (χ3v) is 2.96. The Morgan fingerprint density at radius 3 is 2.50 bits per heavy atom. The number of aliphatic carboxylic acids is 1. The van der Waals surface area contributed by atoms with Crippen molar-refractivity contribution < 1.29 is 9.90 Å². The van der Waals surface area contributed by atoms with Crippen LogP contribution in [0.1, 0.15) is 6.92 Å². The zero-order valence-corrected chi connectivity index (χ0v) is 9.82. The minimum Gasteiger partial charge on any atom is -0.480 e. The first-order chi connectivity index (χ1) is 7.34. The molecule has 1 aromatic rings. The summed E-state index contributed by atoms with van der Waals surface area (Å²) in [7, 11) is 2.72. The molecule has 1 N–H and O–H groups in total. The van der Waals surface area contributed by atoms with E-state index in [4.69, 9.17) is 5.11 Å². The van der Waals surface area contributed by atoms with Crippen LogP contribution >= 0.6 is 11.8 Å². The summed E-state index contributed by atoms with van der Waals surface area (Å²) in [6.45, 7) is 1.44. The fraction of sp³-hybridized carbons (Fsp3) is 0.500. The summed E-state index contributed by atoms with van der Waals surface area (Å²) in [6.07, 6.45) is 0. The molecule has 0 radical (unpaired) electrons. The summed E-state index contributed by atoms with van der Waals surface area (Å²) < 4.78 is 1.89. The maximum Gasteiger partial charge on any atom is 0.346 e. The Morgan fingerprint density at radius 2 is 2.00 bits per heavy atom. The molecule has 0 aliphatic rings. The van der Waals surface area contributed by atoms with Gasteiger partial charge in [-0.2, -0.15) is 5.10 Å². The van der Waals surface area contributed by atoms with Crippen molar-refractivity contribution in [3.8, 4) is 0 Å². The number of carboxylic acid groups (broad SMARTS) is 1. The molecule has 1 heterocycles. The summed E-state index contributed by atoms with van der Waals surface area (Å²) in [6, 6.07) is 0. The van der Waals surface area contributed by atoms with E-state index in [2.05, 4.69) is 5.10 Å². The average molecular weight is 245 g/mol. The zero-order chi connectivity index (χ0) is 12.5. The molecular formula is C8H11N3O4S. The lowest BCUT2D eigenvalue weighted by Gasteiger charge is -2.07. The van der Waals surface area contributed by atoms with E-state index in [-0.39, 0.29) is 5.03 Å². The van der Waals surface area contributed by atoms with Crippen LogP contribution in [0.15, 0.2) is 14.6 Å². The van der Waals surface area contributed by atoms with Crippen LogP contribution in [0.4, 0.5) is 0 Å². The van der Waals surface area contributed by atoms with E-state index in [1.807, 2.05) is 0 Å². The second kappa shape index (κ2) is 4.52. The molecule has 1 rings (SSSR count). The number of hydrogen-bond donors (Lipinski definition) is 1. The summed E-state index contributed by atoms with van der Waals surface area (Å²) in [5.41, 5.74) is -1.13. The Hall–Kier alpha value is -1.57. The lowest BCUT2D eigenvalue weighted by atomic mass is 10.5. The van der Waals surface area contributed by atoms with E-state index < -0.39 is 22.5 Å². The molecule has 0 aromatic carbocycles. The number of nitrogens with zero attached hydrogens (tertiary/aromatic N) is 3. The average Bonchev–Trinajstić information content (AvgIpc) is 2.22. The van der Waals surface area contributed by atoms with Crippen LogP contribution < -0.4 is 11.2 Å². The molecule has 1 aromatic heterocycles. The molecule has 8 heteroatoms. The fourth-order valence-corrected chi connectivity index (χ4v) is 1.80. The fourth-order valence-electron chi connectivity index (χ4n) is 0.961. The van der Waals surface area contributed by atoms with Gasteiger partial charge in [-0.3, -0.25) is 14.2 Å². The van der Waals surface area contributed by atoms with Crippen molar-refractivity contribution in [1.82, 2.24) is 14.3 Å². The third kappa shape index (κ3) is 2.32. The van der Waals surface area contributed by atoms with Gasteiger partial charge in [-0.1, -0.05) is 11.8 Å². The highest BCUT2D eigenvalue weighted by Crippen LogP contribution is 2.16. The normalized spacial score (nSPS) is 12.4. The molecule has 0 saturated carbocycles. The summed E-state index contributed by atoms with van der Waals surface area (Å²) in [5.74, 6) is -1.04. The number of aromatic nitrogens is 3. The topological polar surface area (TPSA) is 94.2 Å². The number of thioether (sulfide) groups is 1. The summed E-state index contributed by atoms with van der Waals surface area (Å²) in [5, 5.41) is 11.6. The van der Waals surface area contributed by atoms with Gasteiger partial charge >= 0.3 is 11.7 Å². The molecular weight excluding hydrogens is 234 g/mol. The van der Waals surface area contributed by atoms with E-state index >= 15 is 0 Å². The lowest BCUT2D eigenvalue weighted by Crippen LogP contribution is -2.39. The second-order valence-electron chi connectivity index (χ2n) is 3.17. The first kappa shape index (κ1) is 12.5. The van der Waals surface area contributed by atoms with Gasteiger partial charge < -0.3 is 5.11 Å². The predicted octanol–water partition coefficient (Wildman–Crippen LogP) is -0.956. The minimum absolute atomic E-state index is 0.000463. The van der Waals surface area contributed by atoms with E-state index in [1.54, 1.807) is 0 Å². The first-order valence-electron chi connectivity index (χ1n) is 4.38. The van der Waals surface area contributed by atoms with Crippen molar-refractivity contribution in [3.05, 3.63) is 20.8 Å². The molecule has 16 heavy (non-hydrogen) atoms. The van der Waals surface area contributed by atoms with Gasteiger partial charge in [0.05, 0.1) is 0 Å². The third-order valence-electron chi connectivity index (χ3n) is 1.93. The van der Waals surface area contributed by atoms with Crippen LogP contribution in [0, 0.1) is 0 Å². The molecule has 88 valence electrons. The molecule has 7 nitrogen and oxygen atoms in total. The van der Waals surface area contributed by atoms with Crippen molar-refractivity contribution in [2.75, 3.05) is 0 Å². The Balaban J connectivity index is 3.22. The van der Waals surface area contributed by atoms with Gasteiger partial charge in [0.2, 0.25) is 0 Å². The van der Waals surface area contributed by atoms with E-state index in [0.717, 1.165) is 21.0 Å². The van der Waals surface area contributed by atoms with Crippen LogP contribution in [0.3, 0.4) is 0 Å². The number of aryl methyl sites for hydroxylation is 1.